The lowest BCUT2D eigenvalue weighted by Crippen LogP contribution is -2.63. The molecule has 0 unspecified atom stereocenters. The predicted molar refractivity (Wildman–Crippen MR) is 87.5 cm³/mol. The van der Waals surface area contributed by atoms with E-state index in [0.29, 0.717) is 11.4 Å². The largest absolute Gasteiger partial charge is 0.497 e. The fourth-order valence-corrected chi connectivity index (χ4v) is 3.39. The van der Waals surface area contributed by atoms with E-state index in [1.54, 1.807) is 54.0 Å². The third-order valence-electron chi connectivity index (χ3n) is 3.57. The second-order valence-corrected chi connectivity index (χ2v) is 6.38. The van der Waals surface area contributed by atoms with Gasteiger partial charge in [0.1, 0.15) is 11.8 Å². The van der Waals surface area contributed by atoms with Crippen LogP contribution >= 0.6 is 22.6 Å². The van der Waals surface area contributed by atoms with Crippen LogP contribution in [0.25, 0.3) is 0 Å². The number of nitrogens with zero attached hydrogens (tertiary/aromatic N) is 1. The smallest absolute Gasteiger partial charge is 0.278 e. The van der Waals surface area contributed by atoms with Crippen LogP contribution in [0.3, 0.4) is 0 Å². The minimum absolute atomic E-state index is 0.526. The maximum atomic E-state index is 14.6. The SMILES string of the molecule is COc1ccc(N2C(=O)[C@@](F)(I)[C@@H]2c2ccccc2)cc1. The average molecular weight is 397 g/mol. The van der Waals surface area contributed by atoms with Crippen molar-refractivity contribution in [3.8, 4) is 5.75 Å². The Labute approximate surface area is 135 Å². The molecular formula is C16H13FINO2. The summed E-state index contributed by atoms with van der Waals surface area (Å²) < 4.78 is 17.8. The van der Waals surface area contributed by atoms with Gasteiger partial charge in [-0.05, 0) is 52.4 Å². The Balaban J connectivity index is 1.98. The number of amides is 1. The molecule has 3 nitrogen and oxygen atoms in total. The van der Waals surface area contributed by atoms with Crippen LogP contribution < -0.4 is 9.64 Å². The standard InChI is InChI=1S/C16H13FINO2/c1-21-13-9-7-12(8-10-13)19-14(16(17,18)15(19)20)11-5-3-2-4-6-11/h2-10,14H,1H3/t14-,16-/m0/s1. The predicted octanol–water partition coefficient (Wildman–Crippen LogP) is 3.88. The fourth-order valence-electron chi connectivity index (χ4n) is 2.49. The van der Waals surface area contributed by atoms with E-state index in [9.17, 15) is 9.18 Å². The van der Waals surface area contributed by atoms with Crippen LogP contribution in [0.2, 0.25) is 0 Å². The Kier molecular flexibility index (Phi) is 3.61. The fraction of sp³-hybridized carbons (Fsp3) is 0.188. The van der Waals surface area contributed by atoms with E-state index >= 15 is 0 Å². The number of β-lactam (4-membered cyclic amide) rings is 1. The van der Waals surface area contributed by atoms with Gasteiger partial charge in [-0.3, -0.25) is 9.69 Å². The molecule has 0 aliphatic carbocycles. The van der Waals surface area contributed by atoms with Gasteiger partial charge in [0.25, 0.3) is 9.58 Å². The third-order valence-corrected chi connectivity index (χ3v) is 4.62. The highest BCUT2D eigenvalue weighted by Crippen LogP contribution is 2.52. The molecule has 1 saturated heterocycles. The Morgan fingerprint density at radius 1 is 1.14 bits per heavy atom. The van der Waals surface area contributed by atoms with Crippen LogP contribution in [0.4, 0.5) is 10.1 Å². The van der Waals surface area contributed by atoms with Crippen molar-refractivity contribution in [3.63, 3.8) is 0 Å². The zero-order valence-electron chi connectivity index (χ0n) is 11.3. The van der Waals surface area contributed by atoms with Gasteiger partial charge in [0.2, 0.25) is 0 Å². The molecule has 1 aliphatic heterocycles. The molecule has 1 heterocycles. The first-order chi connectivity index (χ1) is 10.1. The van der Waals surface area contributed by atoms with Crippen molar-refractivity contribution in [2.45, 2.75) is 9.72 Å². The summed E-state index contributed by atoms with van der Waals surface area (Å²) in [7, 11) is 1.58. The van der Waals surface area contributed by atoms with E-state index in [-0.39, 0.29) is 0 Å². The summed E-state index contributed by atoms with van der Waals surface area (Å²) in [5.41, 5.74) is 1.45. The van der Waals surface area contributed by atoms with Gasteiger partial charge >= 0.3 is 0 Å². The number of ether oxygens (including phenoxy) is 1. The molecule has 1 aliphatic rings. The van der Waals surface area contributed by atoms with Crippen LogP contribution in [-0.2, 0) is 4.79 Å². The van der Waals surface area contributed by atoms with Gasteiger partial charge in [-0.1, -0.05) is 30.3 Å². The number of carbonyl (C=O) groups is 1. The van der Waals surface area contributed by atoms with Gasteiger partial charge in [-0.25, -0.2) is 4.39 Å². The van der Waals surface area contributed by atoms with E-state index < -0.39 is 15.6 Å². The van der Waals surface area contributed by atoms with Crippen LogP contribution in [0.15, 0.2) is 54.6 Å². The number of hydrogen-bond donors (Lipinski definition) is 0. The lowest BCUT2D eigenvalue weighted by atomic mass is 9.91. The molecule has 2 aromatic rings. The quantitative estimate of drug-likeness (QED) is 0.447. The number of alkyl halides is 2. The first-order valence-electron chi connectivity index (χ1n) is 6.46. The van der Waals surface area contributed by atoms with E-state index in [1.807, 2.05) is 30.3 Å². The number of rotatable bonds is 3. The summed E-state index contributed by atoms with van der Waals surface area (Å²) in [5.74, 6) is 0.172. The summed E-state index contributed by atoms with van der Waals surface area (Å²) in [5, 5.41) is 0. The van der Waals surface area contributed by atoms with Gasteiger partial charge in [0.15, 0.2) is 0 Å². The molecule has 2 atom stereocenters. The highest BCUT2D eigenvalue weighted by atomic mass is 127. The molecule has 0 N–H and O–H groups in total. The molecule has 1 fully saturated rings. The van der Waals surface area contributed by atoms with E-state index in [0.717, 1.165) is 5.56 Å². The van der Waals surface area contributed by atoms with Crippen LogP contribution in [-0.4, -0.2) is 16.7 Å². The van der Waals surface area contributed by atoms with Crippen LogP contribution in [0, 0.1) is 0 Å². The highest BCUT2D eigenvalue weighted by Gasteiger charge is 2.61. The number of methoxy groups -OCH3 is 1. The minimum atomic E-state index is -1.90. The molecule has 2 aromatic carbocycles. The summed E-state index contributed by atoms with van der Waals surface area (Å²) >= 11 is 1.59. The molecule has 0 bridgehead atoms. The number of halogens is 2. The molecule has 3 rings (SSSR count). The third kappa shape index (κ3) is 2.29. The number of hydrogen-bond acceptors (Lipinski definition) is 2. The van der Waals surface area contributed by atoms with E-state index in [1.165, 1.54) is 4.90 Å². The lowest BCUT2D eigenvalue weighted by Gasteiger charge is -2.48. The van der Waals surface area contributed by atoms with Gasteiger partial charge < -0.3 is 4.74 Å². The number of benzene rings is 2. The Morgan fingerprint density at radius 3 is 2.33 bits per heavy atom. The average Bonchev–Trinajstić information content (AvgIpc) is 2.52. The Morgan fingerprint density at radius 2 is 1.76 bits per heavy atom. The molecule has 1 amide bonds. The second-order valence-electron chi connectivity index (χ2n) is 4.81. The van der Waals surface area contributed by atoms with Gasteiger partial charge in [0.05, 0.1) is 7.11 Å². The summed E-state index contributed by atoms with van der Waals surface area (Å²) in [6.07, 6.45) is 0. The van der Waals surface area contributed by atoms with Crippen molar-refractivity contribution >= 4 is 34.2 Å². The molecule has 21 heavy (non-hydrogen) atoms. The zero-order chi connectivity index (χ0) is 15.0. The van der Waals surface area contributed by atoms with Gasteiger partial charge in [-0.15, -0.1) is 0 Å². The van der Waals surface area contributed by atoms with Crippen LogP contribution in [0.5, 0.6) is 5.75 Å². The number of carbonyl (C=O) groups excluding carboxylic acids is 1. The zero-order valence-corrected chi connectivity index (χ0v) is 13.5. The van der Waals surface area contributed by atoms with Crippen molar-refractivity contribution in [2.75, 3.05) is 12.0 Å². The maximum Gasteiger partial charge on any atom is 0.278 e. The Hall–Kier alpha value is -1.63. The summed E-state index contributed by atoms with van der Waals surface area (Å²) in [6, 6.07) is 15.7. The topological polar surface area (TPSA) is 29.5 Å². The van der Waals surface area contributed by atoms with Crippen molar-refractivity contribution in [2.24, 2.45) is 0 Å². The molecule has 0 aromatic heterocycles. The molecule has 0 saturated carbocycles. The second kappa shape index (κ2) is 5.29. The Bertz CT molecular complexity index is 658. The first kappa shape index (κ1) is 14.3. The van der Waals surface area contributed by atoms with Crippen molar-refractivity contribution in [1.82, 2.24) is 0 Å². The molecular weight excluding hydrogens is 384 g/mol. The number of anilines is 1. The van der Waals surface area contributed by atoms with E-state index in [4.69, 9.17) is 4.74 Å². The minimum Gasteiger partial charge on any atom is -0.497 e. The lowest BCUT2D eigenvalue weighted by molar-refractivity contribution is -0.133. The molecule has 0 spiro atoms. The molecule has 0 radical (unpaired) electrons. The maximum absolute atomic E-state index is 14.6. The first-order valence-corrected chi connectivity index (χ1v) is 7.54. The molecule has 108 valence electrons. The van der Waals surface area contributed by atoms with Crippen LogP contribution in [0.1, 0.15) is 11.6 Å². The van der Waals surface area contributed by atoms with Crippen molar-refractivity contribution in [1.29, 1.82) is 0 Å². The van der Waals surface area contributed by atoms with Gasteiger partial charge in [0, 0.05) is 5.69 Å². The van der Waals surface area contributed by atoms with Gasteiger partial charge in [-0.2, -0.15) is 0 Å². The highest BCUT2D eigenvalue weighted by molar-refractivity contribution is 14.1. The van der Waals surface area contributed by atoms with E-state index in [2.05, 4.69) is 0 Å². The molecule has 5 heteroatoms. The van der Waals surface area contributed by atoms with Crippen molar-refractivity contribution < 1.29 is 13.9 Å². The summed E-state index contributed by atoms with van der Waals surface area (Å²) in [4.78, 5) is 13.6. The summed E-state index contributed by atoms with van der Waals surface area (Å²) in [6.45, 7) is 0. The monoisotopic (exact) mass is 397 g/mol. The van der Waals surface area contributed by atoms with Crippen molar-refractivity contribution in [3.05, 3.63) is 60.2 Å². The normalized spacial score (nSPS) is 24.6.